The SMILES string of the molecule is Cc1nc2c(s1)CCC[C@@H]2NC(=O)CN1CC(=O)NC1=O. The minimum atomic E-state index is -0.510. The summed E-state index contributed by atoms with van der Waals surface area (Å²) >= 11 is 1.67. The Hall–Kier alpha value is -1.96. The highest BCUT2D eigenvalue weighted by atomic mass is 32.1. The summed E-state index contributed by atoms with van der Waals surface area (Å²) < 4.78 is 0. The van der Waals surface area contributed by atoms with E-state index in [9.17, 15) is 14.4 Å². The molecule has 1 saturated heterocycles. The van der Waals surface area contributed by atoms with E-state index in [0.29, 0.717) is 0 Å². The number of carbonyl (C=O) groups excluding carboxylic acids is 3. The summed E-state index contributed by atoms with van der Waals surface area (Å²) in [6.07, 6.45) is 2.88. The second-order valence-electron chi connectivity index (χ2n) is 5.26. The average Bonchev–Trinajstić information content (AvgIpc) is 2.92. The van der Waals surface area contributed by atoms with Crippen LogP contribution in [-0.2, 0) is 16.0 Å². The molecule has 2 heterocycles. The lowest BCUT2D eigenvalue weighted by Crippen LogP contribution is -2.41. The molecule has 1 atom stereocenters. The first-order chi connectivity index (χ1) is 10.0. The van der Waals surface area contributed by atoms with Crippen molar-refractivity contribution in [2.75, 3.05) is 13.1 Å². The van der Waals surface area contributed by atoms with E-state index < -0.39 is 6.03 Å². The monoisotopic (exact) mass is 308 g/mol. The molecule has 0 bridgehead atoms. The third kappa shape index (κ3) is 2.90. The zero-order valence-electron chi connectivity index (χ0n) is 11.6. The first-order valence-electron chi connectivity index (χ1n) is 6.87. The molecular formula is C13H16N4O3S. The van der Waals surface area contributed by atoms with Crippen molar-refractivity contribution in [2.24, 2.45) is 0 Å². The van der Waals surface area contributed by atoms with E-state index in [1.165, 1.54) is 9.78 Å². The summed E-state index contributed by atoms with van der Waals surface area (Å²) in [6, 6.07) is -0.600. The van der Waals surface area contributed by atoms with Gasteiger partial charge in [-0.2, -0.15) is 0 Å². The molecule has 3 rings (SSSR count). The number of amides is 4. The lowest BCUT2D eigenvalue weighted by atomic mass is 9.97. The van der Waals surface area contributed by atoms with Crippen LogP contribution >= 0.6 is 11.3 Å². The summed E-state index contributed by atoms with van der Waals surface area (Å²) in [5.74, 6) is -0.633. The third-order valence-electron chi connectivity index (χ3n) is 3.60. The molecule has 21 heavy (non-hydrogen) atoms. The molecular weight excluding hydrogens is 292 g/mol. The van der Waals surface area contributed by atoms with Crippen LogP contribution in [0.15, 0.2) is 0 Å². The number of hydrogen-bond acceptors (Lipinski definition) is 5. The van der Waals surface area contributed by atoms with Crippen LogP contribution < -0.4 is 10.6 Å². The van der Waals surface area contributed by atoms with Crippen LogP contribution in [-0.4, -0.2) is 40.8 Å². The number of rotatable bonds is 3. The first-order valence-corrected chi connectivity index (χ1v) is 7.69. The maximum absolute atomic E-state index is 12.1. The van der Waals surface area contributed by atoms with Crippen LogP contribution in [0, 0.1) is 6.92 Å². The largest absolute Gasteiger partial charge is 0.346 e. The van der Waals surface area contributed by atoms with Gasteiger partial charge in [-0.15, -0.1) is 11.3 Å². The Bertz CT molecular complexity index is 613. The van der Waals surface area contributed by atoms with E-state index in [0.717, 1.165) is 30.0 Å². The zero-order chi connectivity index (χ0) is 15.0. The molecule has 4 amide bonds. The minimum Gasteiger partial charge on any atom is -0.346 e. The van der Waals surface area contributed by atoms with Crippen LogP contribution in [0.5, 0.6) is 0 Å². The molecule has 0 unspecified atom stereocenters. The number of nitrogens with zero attached hydrogens (tertiary/aromatic N) is 2. The number of fused-ring (bicyclic) bond motifs is 1. The quantitative estimate of drug-likeness (QED) is 0.795. The van der Waals surface area contributed by atoms with Crippen LogP contribution in [0.1, 0.15) is 34.5 Å². The number of aryl methyl sites for hydroxylation is 2. The van der Waals surface area contributed by atoms with Crippen molar-refractivity contribution < 1.29 is 14.4 Å². The Balaban J connectivity index is 1.63. The molecule has 2 N–H and O–H groups in total. The van der Waals surface area contributed by atoms with Crippen molar-refractivity contribution in [3.8, 4) is 0 Å². The molecule has 1 fully saturated rings. The lowest BCUT2D eigenvalue weighted by Gasteiger charge is -2.23. The highest BCUT2D eigenvalue weighted by Crippen LogP contribution is 2.32. The second-order valence-corrected chi connectivity index (χ2v) is 6.55. The van der Waals surface area contributed by atoms with Crippen molar-refractivity contribution in [1.82, 2.24) is 20.5 Å². The number of imide groups is 1. The van der Waals surface area contributed by atoms with Gasteiger partial charge >= 0.3 is 6.03 Å². The van der Waals surface area contributed by atoms with Gasteiger partial charge in [-0.05, 0) is 26.2 Å². The molecule has 1 aliphatic heterocycles. The normalized spacial score (nSPS) is 21.2. The van der Waals surface area contributed by atoms with Crippen molar-refractivity contribution in [2.45, 2.75) is 32.2 Å². The molecule has 8 heteroatoms. The number of hydrogen-bond donors (Lipinski definition) is 2. The number of carbonyl (C=O) groups is 3. The molecule has 0 saturated carbocycles. The van der Waals surface area contributed by atoms with Crippen LogP contribution in [0.3, 0.4) is 0 Å². The summed E-state index contributed by atoms with van der Waals surface area (Å²) in [5, 5.41) is 6.08. The van der Waals surface area contributed by atoms with Gasteiger partial charge < -0.3 is 10.2 Å². The minimum absolute atomic E-state index is 0.0576. The van der Waals surface area contributed by atoms with E-state index in [1.807, 2.05) is 6.92 Å². The lowest BCUT2D eigenvalue weighted by molar-refractivity contribution is -0.122. The summed E-state index contributed by atoms with van der Waals surface area (Å²) in [6.45, 7) is 1.80. The summed E-state index contributed by atoms with van der Waals surface area (Å²) in [4.78, 5) is 41.5. The molecule has 2 aliphatic rings. The summed E-state index contributed by atoms with van der Waals surface area (Å²) in [7, 11) is 0. The predicted octanol–water partition coefficient (Wildman–Crippen LogP) is 0.497. The molecule has 7 nitrogen and oxygen atoms in total. The molecule has 112 valence electrons. The van der Waals surface area contributed by atoms with Crippen molar-refractivity contribution in [3.05, 3.63) is 15.6 Å². The topological polar surface area (TPSA) is 91.4 Å². The number of nitrogens with one attached hydrogen (secondary N) is 2. The maximum atomic E-state index is 12.1. The molecule has 1 aromatic rings. The van der Waals surface area contributed by atoms with Crippen LogP contribution in [0.2, 0.25) is 0 Å². The van der Waals surface area contributed by atoms with E-state index in [2.05, 4.69) is 15.6 Å². The van der Waals surface area contributed by atoms with Crippen molar-refractivity contribution in [3.63, 3.8) is 0 Å². The van der Waals surface area contributed by atoms with Gasteiger partial charge in [0.2, 0.25) is 11.8 Å². The standard InChI is InChI=1S/C13H16N4O3S/c1-7-14-12-8(3-2-4-9(12)21-7)15-10(18)5-17-6-11(19)16-13(17)20/h8H,2-6H2,1H3,(H,15,18)(H,16,19,20)/t8-/m0/s1. The van der Waals surface area contributed by atoms with Crippen LogP contribution in [0.4, 0.5) is 4.79 Å². The molecule has 1 aromatic heterocycles. The van der Waals surface area contributed by atoms with Gasteiger partial charge in [-0.3, -0.25) is 14.9 Å². The van der Waals surface area contributed by atoms with E-state index >= 15 is 0 Å². The van der Waals surface area contributed by atoms with Gasteiger partial charge in [0.15, 0.2) is 0 Å². The molecule has 0 radical (unpaired) electrons. The fraction of sp³-hybridized carbons (Fsp3) is 0.538. The van der Waals surface area contributed by atoms with Gasteiger partial charge in [0.1, 0.15) is 13.1 Å². The Morgan fingerprint density at radius 2 is 2.33 bits per heavy atom. The smallest absolute Gasteiger partial charge is 0.325 e. The third-order valence-corrected chi connectivity index (χ3v) is 4.65. The molecule has 0 spiro atoms. The van der Waals surface area contributed by atoms with Crippen molar-refractivity contribution in [1.29, 1.82) is 0 Å². The zero-order valence-corrected chi connectivity index (χ0v) is 12.5. The predicted molar refractivity (Wildman–Crippen MR) is 75.8 cm³/mol. The first kappa shape index (κ1) is 14.0. The Morgan fingerprint density at radius 1 is 1.52 bits per heavy atom. The van der Waals surface area contributed by atoms with Gasteiger partial charge in [0.05, 0.1) is 16.7 Å². The van der Waals surface area contributed by atoms with Gasteiger partial charge in [0, 0.05) is 4.88 Å². The van der Waals surface area contributed by atoms with Crippen molar-refractivity contribution >= 4 is 29.2 Å². The van der Waals surface area contributed by atoms with Gasteiger partial charge in [0.25, 0.3) is 0 Å². The number of thiazole rings is 1. The highest BCUT2D eigenvalue weighted by molar-refractivity contribution is 7.11. The Labute approximate surface area is 125 Å². The van der Waals surface area contributed by atoms with Gasteiger partial charge in [-0.1, -0.05) is 0 Å². The fourth-order valence-electron chi connectivity index (χ4n) is 2.70. The second kappa shape index (κ2) is 5.44. The maximum Gasteiger partial charge on any atom is 0.325 e. The number of aromatic nitrogens is 1. The van der Waals surface area contributed by atoms with Gasteiger partial charge in [-0.25, -0.2) is 9.78 Å². The van der Waals surface area contributed by atoms with E-state index in [1.54, 1.807) is 11.3 Å². The van der Waals surface area contributed by atoms with Crippen LogP contribution in [0.25, 0.3) is 0 Å². The highest BCUT2D eigenvalue weighted by Gasteiger charge is 2.30. The Morgan fingerprint density at radius 3 is 3.05 bits per heavy atom. The average molecular weight is 308 g/mol. The number of urea groups is 1. The Kier molecular flexibility index (Phi) is 3.62. The van der Waals surface area contributed by atoms with E-state index in [-0.39, 0.29) is 30.9 Å². The molecule has 1 aliphatic carbocycles. The molecule has 0 aromatic carbocycles. The summed E-state index contributed by atoms with van der Waals surface area (Å²) in [5.41, 5.74) is 0.957. The fourth-order valence-corrected chi connectivity index (χ4v) is 3.74. The van der Waals surface area contributed by atoms with E-state index in [4.69, 9.17) is 0 Å².